The molecule has 0 spiro atoms. The smallest absolute Gasteiger partial charge is 0.297 e. The SMILES string of the molecule is C[Si](C)(C)CCCOc1ccc(-c2ccccc2[IH+])cc1. The summed E-state index contributed by atoms with van der Waals surface area (Å²) in [6.07, 6.45) is 1.16. The minimum Gasteiger partial charge on any atom is -0.494 e. The third-order valence-electron chi connectivity index (χ3n) is 3.39. The molecule has 1 nitrogen and oxygen atoms in total. The minimum absolute atomic E-state index is 0.828. The van der Waals surface area contributed by atoms with Crippen LogP contribution in [-0.4, -0.2) is 14.7 Å². The van der Waals surface area contributed by atoms with E-state index in [0.717, 1.165) is 18.8 Å². The molecule has 0 bridgehead atoms. The molecule has 0 aromatic heterocycles. The fourth-order valence-electron chi connectivity index (χ4n) is 2.23. The van der Waals surface area contributed by atoms with Gasteiger partial charge in [0.05, 0.1) is 6.61 Å². The van der Waals surface area contributed by atoms with Crippen LogP contribution in [0.25, 0.3) is 11.1 Å². The quantitative estimate of drug-likeness (QED) is 0.401. The van der Waals surface area contributed by atoms with Gasteiger partial charge in [0.2, 0.25) is 0 Å². The second kappa shape index (κ2) is 7.45. The zero-order chi connectivity index (χ0) is 15.3. The van der Waals surface area contributed by atoms with E-state index in [1.807, 2.05) is 0 Å². The summed E-state index contributed by atoms with van der Waals surface area (Å²) < 4.78 is 7.16. The minimum atomic E-state index is -0.934. The maximum atomic E-state index is 5.85. The van der Waals surface area contributed by atoms with Gasteiger partial charge in [-0.05, 0) is 36.2 Å². The van der Waals surface area contributed by atoms with Crippen LogP contribution in [0.3, 0.4) is 0 Å². The molecule has 0 radical (unpaired) electrons. The fraction of sp³-hybridized carbons (Fsp3) is 0.333. The van der Waals surface area contributed by atoms with Gasteiger partial charge in [0.1, 0.15) is 5.75 Å². The van der Waals surface area contributed by atoms with Crippen molar-refractivity contribution in [1.29, 1.82) is 0 Å². The number of halogens is 1. The topological polar surface area (TPSA) is 9.23 Å². The van der Waals surface area contributed by atoms with E-state index in [1.54, 1.807) is 0 Å². The van der Waals surface area contributed by atoms with Gasteiger partial charge < -0.3 is 4.74 Å². The molecule has 0 heterocycles. The first-order chi connectivity index (χ1) is 9.96. The molecule has 0 atom stereocenters. The number of hydrogen-bond acceptors (Lipinski definition) is 1. The summed E-state index contributed by atoms with van der Waals surface area (Å²) in [4.78, 5) is 0. The van der Waals surface area contributed by atoms with Crippen molar-refractivity contribution < 1.29 is 27.3 Å². The van der Waals surface area contributed by atoms with Crippen LogP contribution in [0.4, 0.5) is 0 Å². The van der Waals surface area contributed by atoms with E-state index >= 15 is 0 Å². The van der Waals surface area contributed by atoms with Gasteiger partial charge >= 0.3 is 0 Å². The zero-order valence-corrected chi connectivity index (χ0v) is 16.4. The number of hydrogen-bond donors (Lipinski definition) is 0. The normalized spacial score (nSPS) is 11.4. The van der Waals surface area contributed by atoms with E-state index in [1.165, 1.54) is 20.7 Å². The molecule has 2 aromatic rings. The molecule has 0 N–H and O–H groups in total. The van der Waals surface area contributed by atoms with Crippen molar-refractivity contribution in [3.05, 3.63) is 52.1 Å². The highest BCUT2D eigenvalue weighted by molar-refractivity contribution is 6.76. The Morgan fingerprint density at radius 1 is 0.952 bits per heavy atom. The first-order valence-corrected chi connectivity index (χ1v) is 12.3. The lowest BCUT2D eigenvalue weighted by molar-refractivity contribution is -0.326. The molecular weight excluding hydrogens is 387 g/mol. The van der Waals surface area contributed by atoms with Crippen LogP contribution >= 0.6 is 0 Å². The second-order valence-corrected chi connectivity index (χ2v) is 13.4. The lowest BCUT2D eigenvalue weighted by atomic mass is 10.1. The summed E-state index contributed by atoms with van der Waals surface area (Å²) in [5, 5.41) is 0. The lowest BCUT2D eigenvalue weighted by Gasteiger charge is -2.15. The van der Waals surface area contributed by atoms with Crippen LogP contribution in [-0.2, 0) is 0 Å². The van der Waals surface area contributed by atoms with Gasteiger partial charge in [-0.15, -0.1) is 0 Å². The summed E-state index contributed by atoms with van der Waals surface area (Å²) >= 11 is 2.07. The van der Waals surface area contributed by atoms with E-state index in [9.17, 15) is 0 Å². The largest absolute Gasteiger partial charge is 0.494 e. The number of ether oxygens (including phenoxy) is 1. The molecule has 0 aliphatic heterocycles. The van der Waals surface area contributed by atoms with Gasteiger partial charge in [0, 0.05) is 13.6 Å². The third-order valence-corrected chi connectivity index (χ3v) is 6.26. The van der Waals surface area contributed by atoms with E-state index < -0.39 is 8.07 Å². The highest BCUT2D eigenvalue weighted by atomic mass is 127. The van der Waals surface area contributed by atoms with Gasteiger partial charge in [0.15, 0.2) is 3.57 Å². The zero-order valence-electron chi connectivity index (χ0n) is 13.1. The molecular formula is C18H24IOSi+. The van der Waals surface area contributed by atoms with Crippen molar-refractivity contribution in [3.63, 3.8) is 0 Å². The van der Waals surface area contributed by atoms with E-state index in [2.05, 4.69) is 90.8 Å². The van der Waals surface area contributed by atoms with Crippen LogP contribution in [0.1, 0.15) is 6.42 Å². The lowest BCUT2D eigenvalue weighted by Crippen LogP contribution is -3.34. The van der Waals surface area contributed by atoms with Crippen molar-refractivity contribution in [3.8, 4) is 16.9 Å². The first-order valence-electron chi connectivity index (χ1n) is 7.45. The summed E-state index contributed by atoms with van der Waals surface area (Å²) in [5.74, 6) is 0.976. The molecule has 112 valence electrons. The molecule has 2 aromatic carbocycles. The Morgan fingerprint density at radius 3 is 2.24 bits per heavy atom. The van der Waals surface area contributed by atoms with Crippen molar-refractivity contribution in [2.24, 2.45) is 0 Å². The second-order valence-electron chi connectivity index (χ2n) is 6.53. The molecule has 0 unspecified atom stereocenters. The standard InChI is InChI=1S/C18H24IOSi/c1-21(2,3)14-6-13-20-16-11-9-15(10-12-16)17-7-4-5-8-18(17)19/h4-5,7-12,19H,6,13-14H2,1-3H3/q+1. The predicted molar refractivity (Wildman–Crippen MR) is 90.2 cm³/mol. The average molecular weight is 411 g/mol. The summed E-state index contributed by atoms with van der Waals surface area (Å²) in [6, 6.07) is 18.3. The van der Waals surface area contributed by atoms with Gasteiger partial charge in [-0.2, -0.15) is 0 Å². The molecule has 0 aliphatic rings. The molecule has 21 heavy (non-hydrogen) atoms. The van der Waals surface area contributed by atoms with E-state index in [0.29, 0.717) is 0 Å². The van der Waals surface area contributed by atoms with E-state index in [-0.39, 0.29) is 0 Å². The van der Waals surface area contributed by atoms with Gasteiger partial charge in [-0.3, -0.25) is 0 Å². The van der Waals surface area contributed by atoms with Crippen molar-refractivity contribution in [2.75, 3.05) is 6.61 Å². The van der Waals surface area contributed by atoms with Crippen molar-refractivity contribution >= 4 is 8.07 Å². The highest BCUT2D eigenvalue weighted by Crippen LogP contribution is 2.22. The highest BCUT2D eigenvalue weighted by Gasteiger charge is 2.12. The monoisotopic (exact) mass is 411 g/mol. The van der Waals surface area contributed by atoms with Crippen LogP contribution in [0.15, 0.2) is 48.5 Å². The summed E-state index contributed by atoms with van der Waals surface area (Å²) in [6.45, 7) is 8.05. The number of rotatable bonds is 6. The molecule has 0 saturated carbocycles. The predicted octanol–water partition coefficient (Wildman–Crippen LogP) is 1.92. The molecule has 0 saturated heterocycles. The van der Waals surface area contributed by atoms with Crippen LogP contribution in [0, 0.1) is 3.57 Å². The maximum Gasteiger partial charge on any atom is 0.297 e. The summed E-state index contributed by atoms with van der Waals surface area (Å²) in [5.41, 5.74) is 2.55. The van der Waals surface area contributed by atoms with E-state index in [4.69, 9.17) is 4.74 Å². The molecule has 0 aliphatic carbocycles. The molecule has 0 fully saturated rings. The number of benzene rings is 2. The Labute approximate surface area is 142 Å². The average Bonchev–Trinajstić information content (AvgIpc) is 2.44. The van der Waals surface area contributed by atoms with Gasteiger partial charge in [-0.25, -0.2) is 0 Å². The maximum absolute atomic E-state index is 5.85. The van der Waals surface area contributed by atoms with Gasteiger partial charge in [0.25, 0.3) is 22.6 Å². The van der Waals surface area contributed by atoms with Crippen LogP contribution in [0.5, 0.6) is 5.75 Å². The van der Waals surface area contributed by atoms with Crippen molar-refractivity contribution in [1.82, 2.24) is 0 Å². The first kappa shape index (κ1) is 16.6. The van der Waals surface area contributed by atoms with Gasteiger partial charge in [-0.1, -0.05) is 50.0 Å². The summed E-state index contributed by atoms with van der Waals surface area (Å²) in [7, 11) is -0.934. The molecule has 3 heteroatoms. The van der Waals surface area contributed by atoms with Crippen molar-refractivity contribution in [2.45, 2.75) is 32.1 Å². The fourth-order valence-corrected chi connectivity index (χ4v) is 4.19. The molecule has 2 rings (SSSR count). The Balaban J connectivity index is 1.92. The Morgan fingerprint density at radius 2 is 1.62 bits per heavy atom. The van der Waals surface area contributed by atoms with Crippen LogP contribution in [0.2, 0.25) is 25.7 Å². The Bertz CT molecular complexity index is 573. The Hall–Kier alpha value is -0.813. The van der Waals surface area contributed by atoms with Crippen LogP contribution < -0.4 is 27.3 Å². The third kappa shape index (κ3) is 5.47. The Kier molecular flexibility index (Phi) is 5.87. The molecule has 0 amide bonds.